The van der Waals surface area contributed by atoms with Gasteiger partial charge < -0.3 is 9.84 Å². The summed E-state index contributed by atoms with van der Waals surface area (Å²) >= 11 is 7.76. The monoisotopic (exact) mass is 561 g/mol. The lowest BCUT2D eigenvalue weighted by Crippen LogP contribution is -2.29. The summed E-state index contributed by atoms with van der Waals surface area (Å²) in [7, 11) is 0. The summed E-state index contributed by atoms with van der Waals surface area (Å²) in [5.41, 5.74) is 1.44. The first-order valence-electron chi connectivity index (χ1n) is 11.2. The number of nitrogens with zero attached hydrogens (tertiary/aromatic N) is 1. The van der Waals surface area contributed by atoms with Gasteiger partial charge in [-0.2, -0.15) is 24.5 Å². The van der Waals surface area contributed by atoms with Gasteiger partial charge >= 0.3 is 12.1 Å². The van der Waals surface area contributed by atoms with Crippen molar-refractivity contribution < 1.29 is 27.8 Å². The van der Waals surface area contributed by atoms with E-state index in [-0.39, 0.29) is 36.3 Å². The van der Waals surface area contributed by atoms with E-state index in [1.165, 1.54) is 11.6 Å². The van der Waals surface area contributed by atoms with Crippen molar-refractivity contribution in [3.05, 3.63) is 86.6 Å². The Labute approximate surface area is 224 Å². The van der Waals surface area contributed by atoms with E-state index >= 15 is 0 Å². The predicted molar refractivity (Wildman–Crippen MR) is 140 cm³/mol. The fraction of sp³-hybridized carbons (Fsp3) is 0.346. The molecule has 36 heavy (non-hydrogen) atoms. The molecule has 1 N–H and O–H groups in total. The zero-order chi connectivity index (χ0) is 25.4. The maximum absolute atomic E-state index is 13.3. The second-order valence-electron chi connectivity index (χ2n) is 8.39. The van der Waals surface area contributed by atoms with Crippen LogP contribution in [0.2, 0.25) is 5.02 Å². The Morgan fingerprint density at radius 2 is 1.94 bits per heavy atom. The van der Waals surface area contributed by atoms with E-state index in [1.54, 1.807) is 41.7 Å². The molecular weight excluding hydrogens is 534 g/mol. The number of hydrogen-bond acceptors (Lipinski definition) is 4. The molecule has 10 heteroatoms. The van der Waals surface area contributed by atoms with Crippen LogP contribution in [-0.2, 0) is 23.9 Å². The highest BCUT2D eigenvalue weighted by Crippen LogP contribution is 2.36. The number of carbonyl (C=O) groups is 1. The van der Waals surface area contributed by atoms with Crippen LogP contribution in [0, 0.1) is 0 Å². The Kier molecular flexibility index (Phi) is 11.6. The van der Waals surface area contributed by atoms with Crippen LogP contribution >= 0.6 is 35.3 Å². The molecule has 1 atom stereocenters. The predicted octanol–water partition coefficient (Wildman–Crippen LogP) is 7.54. The van der Waals surface area contributed by atoms with Gasteiger partial charge in [-0.05, 0) is 64.1 Å². The van der Waals surface area contributed by atoms with Gasteiger partial charge in [-0.1, -0.05) is 42.8 Å². The molecule has 3 aromatic rings. The molecule has 3 rings (SSSR count). The van der Waals surface area contributed by atoms with Crippen molar-refractivity contribution in [2.75, 3.05) is 19.7 Å². The molecule has 0 aliphatic heterocycles. The van der Waals surface area contributed by atoms with Crippen molar-refractivity contribution in [2.24, 2.45) is 0 Å². The third-order valence-corrected chi connectivity index (χ3v) is 6.71. The van der Waals surface area contributed by atoms with Gasteiger partial charge in [0, 0.05) is 19.6 Å². The van der Waals surface area contributed by atoms with E-state index in [2.05, 4.69) is 23.3 Å². The summed E-state index contributed by atoms with van der Waals surface area (Å²) in [6, 6.07) is 13.0. The van der Waals surface area contributed by atoms with Gasteiger partial charge in [-0.3, -0.25) is 9.69 Å². The molecule has 1 heterocycles. The molecule has 1 unspecified atom stereocenters. The van der Waals surface area contributed by atoms with Gasteiger partial charge in [0.05, 0.1) is 23.6 Å². The lowest BCUT2D eigenvalue weighted by molar-refractivity contribution is -0.138. The molecule has 0 radical (unpaired) electrons. The van der Waals surface area contributed by atoms with Crippen LogP contribution in [0.1, 0.15) is 41.5 Å². The van der Waals surface area contributed by atoms with Gasteiger partial charge in [0.15, 0.2) is 0 Å². The average molecular weight is 562 g/mol. The first-order chi connectivity index (χ1) is 16.6. The average Bonchev–Trinajstić information content (AvgIpc) is 3.32. The van der Waals surface area contributed by atoms with Crippen molar-refractivity contribution in [1.82, 2.24) is 4.90 Å². The Bertz CT molecular complexity index is 1110. The number of hydrogen-bond donors (Lipinski definition) is 1. The van der Waals surface area contributed by atoms with Crippen LogP contribution in [-0.4, -0.2) is 35.7 Å². The summed E-state index contributed by atoms with van der Waals surface area (Å²) in [6.45, 7) is 4.00. The number of carboxylic acids is 1. The van der Waals surface area contributed by atoms with Crippen molar-refractivity contribution in [1.29, 1.82) is 0 Å². The van der Waals surface area contributed by atoms with Crippen LogP contribution in [0.5, 0.6) is 5.75 Å². The van der Waals surface area contributed by atoms with Crippen LogP contribution in [0.25, 0.3) is 0 Å². The van der Waals surface area contributed by atoms with E-state index in [0.29, 0.717) is 43.0 Å². The summed E-state index contributed by atoms with van der Waals surface area (Å²) in [4.78, 5) is 13.0. The molecule has 196 valence electrons. The largest absolute Gasteiger partial charge is 0.494 e. The zero-order valence-corrected chi connectivity index (χ0v) is 22.0. The highest BCUT2D eigenvalue weighted by atomic mass is 35.5. The Morgan fingerprint density at radius 3 is 2.61 bits per heavy atom. The molecule has 0 bridgehead atoms. The highest BCUT2D eigenvalue weighted by molar-refractivity contribution is 7.08. The number of benzene rings is 2. The molecular formula is C26H28Cl2F3NO3S. The lowest BCUT2D eigenvalue weighted by Gasteiger charge is -2.26. The molecule has 4 nitrogen and oxygen atoms in total. The third-order valence-electron chi connectivity index (χ3n) is 5.56. The van der Waals surface area contributed by atoms with Gasteiger partial charge in [0.2, 0.25) is 0 Å². The normalized spacial score (nSPS) is 12.3. The molecule has 2 aromatic carbocycles. The van der Waals surface area contributed by atoms with Gasteiger partial charge in [-0.15, -0.1) is 12.4 Å². The van der Waals surface area contributed by atoms with Crippen LogP contribution < -0.4 is 4.74 Å². The molecule has 0 saturated carbocycles. The van der Waals surface area contributed by atoms with E-state index < -0.39 is 17.7 Å². The van der Waals surface area contributed by atoms with Crippen LogP contribution in [0.4, 0.5) is 13.2 Å². The first kappa shape index (κ1) is 30.0. The van der Waals surface area contributed by atoms with Gasteiger partial charge in [0.25, 0.3) is 0 Å². The first-order valence-corrected chi connectivity index (χ1v) is 12.5. The Morgan fingerprint density at radius 1 is 1.19 bits per heavy atom. The topological polar surface area (TPSA) is 49.8 Å². The van der Waals surface area contributed by atoms with Crippen molar-refractivity contribution in [3.63, 3.8) is 0 Å². The molecule has 0 saturated heterocycles. The van der Waals surface area contributed by atoms with Crippen molar-refractivity contribution in [2.45, 2.75) is 38.4 Å². The number of carboxylic acid groups (broad SMARTS) is 1. The third kappa shape index (κ3) is 9.00. The van der Waals surface area contributed by atoms with Crippen LogP contribution in [0.3, 0.4) is 0 Å². The fourth-order valence-corrected chi connectivity index (χ4v) is 4.92. The van der Waals surface area contributed by atoms with Crippen LogP contribution in [0.15, 0.2) is 59.3 Å². The van der Waals surface area contributed by atoms with Crippen molar-refractivity contribution >= 4 is 41.3 Å². The van der Waals surface area contributed by atoms with E-state index in [4.69, 9.17) is 21.4 Å². The second-order valence-corrected chi connectivity index (χ2v) is 9.55. The smallest absolute Gasteiger partial charge is 0.417 e. The summed E-state index contributed by atoms with van der Waals surface area (Å²) in [5, 5.41) is 12.8. The minimum absolute atomic E-state index is 0. The summed E-state index contributed by atoms with van der Waals surface area (Å²) < 4.78 is 45.8. The van der Waals surface area contributed by atoms with E-state index in [1.807, 2.05) is 5.38 Å². The number of rotatable bonds is 12. The minimum atomic E-state index is -4.51. The number of halogens is 5. The zero-order valence-electron chi connectivity index (χ0n) is 19.6. The van der Waals surface area contributed by atoms with E-state index in [0.717, 1.165) is 6.07 Å². The lowest BCUT2D eigenvalue weighted by atomic mass is 10.0. The summed E-state index contributed by atoms with van der Waals surface area (Å²) in [6.07, 6.45) is -3.95. The molecule has 0 fully saturated rings. The SMILES string of the molecule is CC(CN(CCCOc1cccc(CC(=O)O)c1)Cc1cccc(C(F)(F)F)c1Cl)c1ccsc1.Cl. The maximum Gasteiger partial charge on any atom is 0.417 e. The standard InChI is InChI=1S/C26H27ClF3NO3S.ClH/c1-18(21-9-12-35-17-21)15-31(16-20-6-3-8-23(25(20)27)26(28,29)30)10-4-11-34-22-7-2-5-19(13-22)14-24(32)33;/h2-3,5-9,12-13,17-18H,4,10-11,14-16H2,1H3,(H,32,33);1H. The number of aliphatic carboxylic acids is 1. The molecule has 1 aromatic heterocycles. The highest BCUT2D eigenvalue weighted by Gasteiger charge is 2.34. The molecule has 0 amide bonds. The quantitative estimate of drug-likeness (QED) is 0.232. The number of alkyl halides is 3. The molecule has 0 aliphatic carbocycles. The summed E-state index contributed by atoms with van der Waals surface area (Å²) in [5.74, 6) is -0.131. The second kappa shape index (κ2) is 13.9. The Balaban J connectivity index is 0.00000456. The minimum Gasteiger partial charge on any atom is -0.494 e. The maximum atomic E-state index is 13.3. The number of ether oxygens (including phenoxy) is 1. The van der Waals surface area contributed by atoms with Gasteiger partial charge in [0.1, 0.15) is 5.75 Å². The van der Waals surface area contributed by atoms with Gasteiger partial charge in [-0.25, -0.2) is 0 Å². The fourth-order valence-electron chi connectivity index (χ4n) is 3.84. The van der Waals surface area contributed by atoms with E-state index in [9.17, 15) is 18.0 Å². The number of thiophene rings is 1. The molecule has 0 aliphatic rings. The molecule has 0 spiro atoms. The van der Waals surface area contributed by atoms with Crippen molar-refractivity contribution in [3.8, 4) is 5.75 Å². The Hall–Kier alpha value is -2.26.